The Kier molecular flexibility index (Phi) is 5.01. The second kappa shape index (κ2) is 7.23. The van der Waals surface area contributed by atoms with Crippen molar-refractivity contribution in [2.75, 3.05) is 0 Å². The van der Waals surface area contributed by atoms with Gasteiger partial charge in [-0.15, -0.1) is 0 Å². The molecule has 0 aliphatic carbocycles. The van der Waals surface area contributed by atoms with Gasteiger partial charge in [-0.2, -0.15) is 0 Å². The van der Waals surface area contributed by atoms with E-state index in [1.165, 1.54) is 3.97 Å². The van der Waals surface area contributed by atoms with Gasteiger partial charge in [0.15, 0.2) is 0 Å². The van der Waals surface area contributed by atoms with Crippen molar-refractivity contribution in [3.63, 3.8) is 0 Å². The van der Waals surface area contributed by atoms with Gasteiger partial charge < -0.3 is 16.8 Å². The zero-order chi connectivity index (χ0) is 18.8. The lowest BCUT2D eigenvalue weighted by Crippen LogP contribution is -2.38. The van der Waals surface area contributed by atoms with E-state index in [9.17, 15) is 9.59 Å². The molecule has 0 aliphatic heterocycles. The van der Waals surface area contributed by atoms with Gasteiger partial charge in [0.2, 0.25) is 5.91 Å². The smallest absolute Gasteiger partial charge is 0.266 e. The van der Waals surface area contributed by atoms with Crippen molar-refractivity contribution >= 4 is 35.5 Å². The van der Waals surface area contributed by atoms with Crippen LogP contribution >= 0.6 is 12.8 Å². The lowest BCUT2D eigenvalue weighted by Gasteiger charge is -2.11. The van der Waals surface area contributed by atoms with Crippen molar-refractivity contribution in [2.24, 2.45) is 11.5 Å². The number of nitrogens with one attached hydrogen (secondary N) is 1. The first-order chi connectivity index (χ1) is 12.4. The maximum atomic E-state index is 12.0. The molecule has 2 amide bonds. The first kappa shape index (κ1) is 18.0. The lowest BCUT2D eigenvalue weighted by atomic mass is 9.99. The fraction of sp³-hybridized carbons (Fsp3) is 0.158. The van der Waals surface area contributed by atoms with Crippen molar-refractivity contribution in [2.45, 2.75) is 19.5 Å². The van der Waals surface area contributed by atoms with E-state index < -0.39 is 17.9 Å². The van der Waals surface area contributed by atoms with Crippen molar-refractivity contribution in [3.8, 4) is 11.1 Å². The van der Waals surface area contributed by atoms with Crippen LogP contribution in [0.2, 0.25) is 0 Å². The highest BCUT2D eigenvalue weighted by molar-refractivity contribution is 7.78. The summed E-state index contributed by atoms with van der Waals surface area (Å²) in [6.45, 7) is 2.19. The molecule has 2 aromatic carbocycles. The molecule has 0 saturated heterocycles. The van der Waals surface area contributed by atoms with E-state index in [2.05, 4.69) is 18.1 Å². The molecule has 5 N–H and O–H groups in total. The summed E-state index contributed by atoms with van der Waals surface area (Å²) in [5.41, 5.74) is 14.6. The molecule has 3 aromatic rings. The summed E-state index contributed by atoms with van der Waals surface area (Å²) in [7, 11) is 0. The fourth-order valence-corrected chi connectivity index (χ4v) is 3.32. The molecule has 3 rings (SSSR count). The average molecular weight is 368 g/mol. The molecule has 0 saturated carbocycles. The second-order valence-corrected chi connectivity index (χ2v) is 6.52. The van der Waals surface area contributed by atoms with Crippen LogP contribution in [0, 0.1) is 0 Å². The number of benzene rings is 2. The monoisotopic (exact) mass is 368 g/mol. The Balaban J connectivity index is 2.07. The number of hydrogen-bond acceptors (Lipinski definition) is 4. The summed E-state index contributed by atoms with van der Waals surface area (Å²) in [4.78, 5) is 23.2. The molecule has 1 atom stereocenters. The summed E-state index contributed by atoms with van der Waals surface area (Å²) >= 11 is 4.44. The first-order valence-electron chi connectivity index (χ1n) is 8.14. The predicted molar refractivity (Wildman–Crippen MR) is 106 cm³/mol. The SMILES string of the molecule is CC(NCc1cccc(-c2c(C(N)=O)n(S)c3ccccc23)c1)C(N)=O. The molecule has 0 bridgehead atoms. The van der Waals surface area contributed by atoms with Crippen LogP contribution in [0.3, 0.4) is 0 Å². The van der Waals surface area contributed by atoms with Crippen LogP contribution in [0.25, 0.3) is 22.0 Å². The predicted octanol–water partition coefficient (Wildman–Crippen LogP) is 2.06. The van der Waals surface area contributed by atoms with Gasteiger partial charge in [-0.25, -0.2) is 0 Å². The quantitative estimate of drug-likeness (QED) is 0.501. The highest BCUT2D eigenvalue weighted by Crippen LogP contribution is 2.35. The number of carbonyl (C=O) groups excluding carboxylic acids is 2. The number of hydrogen-bond donors (Lipinski definition) is 4. The summed E-state index contributed by atoms with van der Waals surface area (Å²) < 4.78 is 1.52. The molecule has 7 heteroatoms. The topological polar surface area (TPSA) is 103 Å². The van der Waals surface area contributed by atoms with E-state index in [4.69, 9.17) is 11.5 Å². The maximum absolute atomic E-state index is 12.0. The molecular weight excluding hydrogens is 348 g/mol. The number of nitrogens with two attached hydrogens (primary N) is 2. The molecule has 1 aromatic heterocycles. The Hall–Kier alpha value is -2.77. The molecule has 0 aliphatic rings. The number of amides is 2. The van der Waals surface area contributed by atoms with Gasteiger partial charge in [0.05, 0.1) is 11.6 Å². The van der Waals surface area contributed by atoms with E-state index in [0.29, 0.717) is 12.2 Å². The van der Waals surface area contributed by atoms with Gasteiger partial charge >= 0.3 is 0 Å². The molecule has 6 nitrogen and oxygen atoms in total. The van der Waals surface area contributed by atoms with Crippen LogP contribution in [0.4, 0.5) is 0 Å². The summed E-state index contributed by atoms with van der Waals surface area (Å²) in [6.07, 6.45) is 0. The molecular formula is C19H20N4O2S. The summed E-state index contributed by atoms with van der Waals surface area (Å²) in [6, 6.07) is 14.9. The minimum atomic E-state index is -0.544. The first-order valence-corrected chi connectivity index (χ1v) is 8.54. The number of aromatic nitrogens is 1. The van der Waals surface area contributed by atoms with Gasteiger partial charge in [0.25, 0.3) is 5.91 Å². The number of carbonyl (C=O) groups is 2. The van der Waals surface area contributed by atoms with E-state index in [-0.39, 0.29) is 0 Å². The number of nitrogens with zero attached hydrogens (tertiary/aromatic N) is 1. The van der Waals surface area contributed by atoms with Crippen molar-refractivity contribution < 1.29 is 9.59 Å². The molecule has 134 valence electrons. The van der Waals surface area contributed by atoms with E-state index in [1.807, 2.05) is 48.5 Å². The largest absolute Gasteiger partial charge is 0.368 e. The summed E-state index contributed by atoms with van der Waals surface area (Å²) in [5, 5.41) is 3.97. The fourth-order valence-electron chi connectivity index (χ4n) is 2.95. The zero-order valence-electron chi connectivity index (χ0n) is 14.3. The average Bonchev–Trinajstić information content (AvgIpc) is 2.93. The van der Waals surface area contributed by atoms with Gasteiger partial charge in [0, 0.05) is 17.5 Å². The van der Waals surface area contributed by atoms with E-state index in [0.717, 1.165) is 27.6 Å². The Morgan fingerprint density at radius 2 is 1.88 bits per heavy atom. The minimum Gasteiger partial charge on any atom is -0.368 e. The zero-order valence-corrected chi connectivity index (χ0v) is 15.2. The van der Waals surface area contributed by atoms with Crippen molar-refractivity contribution in [3.05, 3.63) is 59.8 Å². The number of thiol groups is 1. The minimum absolute atomic E-state index is 0.338. The Morgan fingerprint density at radius 3 is 2.58 bits per heavy atom. The molecule has 0 radical (unpaired) electrons. The van der Waals surface area contributed by atoms with Crippen LogP contribution in [-0.2, 0) is 11.3 Å². The van der Waals surface area contributed by atoms with Crippen LogP contribution < -0.4 is 16.8 Å². The van der Waals surface area contributed by atoms with Crippen molar-refractivity contribution in [1.29, 1.82) is 0 Å². The van der Waals surface area contributed by atoms with E-state index >= 15 is 0 Å². The van der Waals surface area contributed by atoms with Crippen LogP contribution in [0.15, 0.2) is 48.5 Å². The van der Waals surface area contributed by atoms with E-state index in [1.54, 1.807) is 6.92 Å². The van der Waals surface area contributed by atoms with Gasteiger partial charge in [-0.05, 0) is 30.2 Å². The number of rotatable bonds is 6. The van der Waals surface area contributed by atoms with Gasteiger partial charge in [-0.3, -0.25) is 13.6 Å². The molecule has 1 heterocycles. The van der Waals surface area contributed by atoms with Gasteiger partial charge in [-0.1, -0.05) is 49.2 Å². The molecule has 1 unspecified atom stereocenters. The van der Waals surface area contributed by atoms with Crippen molar-refractivity contribution in [1.82, 2.24) is 9.29 Å². The van der Waals surface area contributed by atoms with Crippen LogP contribution in [0.1, 0.15) is 23.0 Å². The highest BCUT2D eigenvalue weighted by Gasteiger charge is 2.21. The van der Waals surface area contributed by atoms with Gasteiger partial charge in [0.1, 0.15) is 5.69 Å². The molecule has 0 fully saturated rings. The Labute approximate surface area is 156 Å². The third-order valence-electron chi connectivity index (χ3n) is 4.34. The maximum Gasteiger partial charge on any atom is 0.266 e. The third kappa shape index (κ3) is 3.31. The normalized spacial score (nSPS) is 12.2. The second-order valence-electron chi connectivity index (χ2n) is 6.12. The Bertz CT molecular complexity index is 996. The van der Waals surface area contributed by atoms with Crippen LogP contribution in [0.5, 0.6) is 0 Å². The Morgan fingerprint density at radius 1 is 1.15 bits per heavy atom. The number of para-hydroxylation sites is 1. The third-order valence-corrected chi connectivity index (χ3v) is 4.75. The molecule has 26 heavy (non-hydrogen) atoms. The molecule has 0 spiro atoms. The standard InChI is InChI=1S/C19H20N4O2S/c1-11(18(20)24)22-10-12-5-4-6-13(9-12)16-14-7-2-3-8-15(14)23(26)17(16)19(21)25/h2-9,11,22,26H,10H2,1H3,(H2,20,24)(H2,21,25). The number of primary amides is 2. The van der Waals surface area contributed by atoms with Crippen LogP contribution in [-0.4, -0.2) is 21.8 Å². The highest BCUT2D eigenvalue weighted by atomic mass is 32.1. The summed E-state index contributed by atoms with van der Waals surface area (Å²) in [5.74, 6) is -0.951. The number of fused-ring (bicyclic) bond motifs is 1. The lowest BCUT2D eigenvalue weighted by molar-refractivity contribution is -0.119.